The van der Waals surface area contributed by atoms with Gasteiger partial charge in [-0.3, -0.25) is 9.89 Å². The second-order valence-electron chi connectivity index (χ2n) is 7.94. The zero-order valence-electron chi connectivity index (χ0n) is 19.6. The number of likely N-dealkylation sites (tertiary alicyclic amines) is 1. The summed E-state index contributed by atoms with van der Waals surface area (Å²) in [5, 5.41) is 3.48. The molecule has 0 spiro atoms. The van der Waals surface area contributed by atoms with Crippen LogP contribution in [0, 0.1) is 5.92 Å². The van der Waals surface area contributed by atoms with Crippen LogP contribution >= 0.6 is 24.0 Å². The highest BCUT2D eigenvalue weighted by Crippen LogP contribution is 2.16. The van der Waals surface area contributed by atoms with Gasteiger partial charge in [-0.05, 0) is 32.1 Å². The maximum atomic E-state index is 6.00. The minimum Gasteiger partial charge on any atom is -0.385 e. The molecule has 0 bridgehead atoms. The van der Waals surface area contributed by atoms with Crippen LogP contribution in [-0.4, -0.2) is 87.5 Å². The van der Waals surface area contributed by atoms with Crippen LogP contribution in [0.2, 0.25) is 0 Å². The molecular formula is C23H45IN4O2. The number of guanidine groups is 1. The maximum absolute atomic E-state index is 6.00. The number of hydrogen-bond donors (Lipinski definition) is 1. The summed E-state index contributed by atoms with van der Waals surface area (Å²) in [5.74, 6) is 1.53. The highest BCUT2D eigenvalue weighted by molar-refractivity contribution is 14.0. The molecular weight excluding hydrogens is 491 g/mol. The lowest BCUT2D eigenvalue weighted by molar-refractivity contribution is 0.00988. The van der Waals surface area contributed by atoms with Gasteiger partial charge in [0.25, 0.3) is 0 Å². The zero-order chi connectivity index (χ0) is 21.5. The van der Waals surface area contributed by atoms with E-state index < -0.39 is 0 Å². The number of rotatable bonds is 14. The summed E-state index contributed by atoms with van der Waals surface area (Å²) in [6.07, 6.45) is 7.33. The van der Waals surface area contributed by atoms with Crippen molar-refractivity contribution in [2.75, 3.05) is 59.6 Å². The van der Waals surface area contributed by atoms with Gasteiger partial charge >= 0.3 is 0 Å². The predicted octanol–water partition coefficient (Wildman–Crippen LogP) is 3.79. The van der Waals surface area contributed by atoms with Gasteiger partial charge in [-0.1, -0.05) is 26.0 Å². The van der Waals surface area contributed by atoms with Gasteiger partial charge < -0.3 is 19.7 Å². The second kappa shape index (κ2) is 18.0. The fourth-order valence-corrected chi connectivity index (χ4v) is 3.72. The van der Waals surface area contributed by atoms with E-state index in [4.69, 9.17) is 14.5 Å². The van der Waals surface area contributed by atoms with E-state index in [9.17, 15) is 0 Å². The third-order valence-corrected chi connectivity index (χ3v) is 5.32. The molecule has 0 aromatic rings. The molecule has 1 aliphatic heterocycles. The largest absolute Gasteiger partial charge is 0.385 e. The molecule has 1 heterocycles. The van der Waals surface area contributed by atoms with Crippen molar-refractivity contribution in [2.24, 2.45) is 10.9 Å². The number of ether oxygens (including phenoxy) is 2. The Bertz CT molecular complexity index is 470. The molecule has 0 amide bonds. The first-order valence-electron chi connectivity index (χ1n) is 11.2. The van der Waals surface area contributed by atoms with Crippen LogP contribution in [0.25, 0.3) is 0 Å². The van der Waals surface area contributed by atoms with E-state index in [2.05, 4.69) is 49.0 Å². The summed E-state index contributed by atoms with van der Waals surface area (Å²) in [6, 6.07) is 0.362. The standard InChI is InChI=1S/C23H44N4O2.HI/c1-7-13-26(14-8-2)22(20(4)5)19-25-23(24-9-3)27-15-11-21(12-16-27)29-18-10-17-28-6;/h7-8,20-22H,1-2,9-19H2,3-6H3,(H,24,25);1H. The lowest BCUT2D eigenvalue weighted by Crippen LogP contribution is -2.48. The van der Waals surface area contributed by atoms with Crippen LogP contribution in [0.5, 0.6) is 0 Å². The first-order valence-corrected chi connectivity index (χ1v) is 11.2. The summed E-state index contributed by atoms with van der Waals surface area (Å²) in [7, 11) is 1.73. The molecule has 1 saturated heterocycles. The molecule has 7 heteroatoms. The number of halogens is 1. The number of piperidine rings is 1. The molecule has 0 aromatic carbocycles. The number of hydrogen-bond acceptors (Lipinski definition) is 4. The fourth-order valence-electron chi connectivity index (χ4n) is 3.72. The van der Waals surface area contributed by atoms with Crippen LogP contribution in [0.15, 0.2) is 30.3 Å². The predicted molar refractivity (Wildman–Crippen MR) is 139 cm³/mol. The molecule has 0 aliphatic carbocycles. The van der Waals surface area contributed by atoms with Gasteiger partial charge in [0, 0.05) is 59.1 Å². The van der Waals surface area contributed by atoms with Gasteiger partial charge in [-0.2, -0.15) is 0 Å². The van der Waals surface area contributed by atoms with Crippen LogP contribution in [0.3, 0.4) is 0 Å². The molecule has 1 unspecified atom stereocenters. The van der Waals surface area contributed by atoms with E-state index in [1.54, 1.807) is 7.11 Å². The van der Waals surface area contributed by atoms with Crippen molar-refractivity contribution in [1.82, 2.24) is 15.1 Å². The van der Waals surface area contributed by atoms with E-state index in [0.717, 1.165) is 77.7 Å². The summed E-state index contributed by atoms with van der Waals surface area (Å²) in [6.45, 7) is 21.3. The Kier molecular flexibility index (Phi) is 17.6. The number of nitrogens with one attached hydrogen (secondary N) is 1. The van der Waals surface area contributed by atoms with Crippen molar-refractivity contribution in [2.45, 2.75) is 52.2 Å². The van der Waals surface area contributed by atoms with Gasteiger partial charge in [0.2, 0.25) is 0 Å². The lowest BCUT2D eigenvalue weighted by Gasteiger charge is -2.35. The third kappa shape index (κ3) is 11.1. The van der Waals surface area contributed by atoms with Crippen LogP contribution in [0.4, 0.5) is 0 Å². The average molecular weight is 537 g/mol. The van der Waals surface area contributed by atoms with E-state index in [1.807, 2.05) is 12.2 Å². The first-order chi connectivity index (χ1) is 14.1. The van der Waals surface area contributed by atoms with E-state index in [1.165, 1.54) is 0 Å². The second-order valence-corrected chi connectivity index (χ2v) is 7.94. The van der Waals surface area contributed by atoms with Crippen molar-refractivity contribution < 1.29 is 9.47 Å². The SMILES string of the molecule is C=CCN(CC=C)C(CN=C(NCC)N1CCC(OCCCOC)CC1)C(C)C.I. The topological polar surface area (TPSA) is 49.3 Å². The van der Waals surface area contributed by atoms with Gasteiger partial charge in [-0.15, -0.1) is 37.1 Å². The van der Waals surface area contributed by atoms with Gasteiger partial charge in [0.15, 0.2) is 5.96 Å². The molecule has 0 saturated carbocycles. The van der Waals surface area contributed by atoms with Crippen molar-refractivity contribution in [1.29, 1.82) is 0 Å². The van der Waals surface area contributed by atoms with E-state index in [-0.39, 0.29) is 24.0 Å². The van der Waals surface area contributed by atoms with Crippen molar-refractivity contribution in [3.63, 3.8) is 0 Å². The van der Waals surface area contributed by atoms with Gasteiger partial charge in [-0.25, -0.2) is 0 Å². The summed E-state index contributed by atoms with van der Waals surface area (Å²) in [4.78, 5) is 9.80. The van der Waals surface area contributed by atoms with E-state index >= 15 is 0 Å². The Labute approximate surface area is 202 Å². The molecule has 1 rings (SSSR count). The quantitative estimate of drug-likeness (QED) is 0.120. The number of nitrogens with zero attached hydrogens (tertiary/aromatic N) is 3. The molecule has 1 N–H and O–H groups in total. The third-order valence-electron chi connectivity index (χ3n) is 5.32. The fraction of sp³-hybridized carbons (Fsp3) is 0.783. The van der Waals surface area contributed by atoms with Crippen molar-refractivity contribution in [3.05, 3.63) is 25.3 Å². The summed E-state index contributed by atoms with van der Waals surface area (Å²) >= 11 is 0. The van der Waals surface area contributed by atoms with Gasteiger partial charge in [0.1, 0.15) is 0 Å². The molecule has 30 heavy (non-hydrogen) atoms. The van der Waals surface area contributed by atoms with Crippen molar-refractivity contribution in [3.8, 4) is 0 Å². The first kappa shape index (κ1) is 29.4. The summed E-state index contributed by atoms with van der Waals surface area (Å²) < 4.78 is 11.1. The van der Waals surface area contributed by atoms with E-state index in [0.29, 0.717) is 18.1 Å². The van der Waals surface area contributed by atoms with Crippen LogP contribution < -0.4 is 5.32 Å². The minimum absolute atomic E-state index is 0. The number of methoxy groups -OCH3 is 1. The van der Waals surface area contributed by atoms with Gasteiger partial charge in [0.05, 0.1) is 12.6 Å². The maximum Gasteiger partial charge on any atom is 0.193 e. The number of aliphatic imine (C=N–C) groups is 1. The van der Waals surface area contributed by atoms with Crippen LogP contribution in [-0.2, 0) is 9.47 Å². The molecule has 0 aromatic heterocycles. The van der Waals surface area contributed by atoms with Crippen molar-refractivity contribution >= 4 is 29.9 Å². The molecule has 0 radical (unpaired) electrons. The Morgan fingerprint density at radius 3 is 2.33 bits per heavy atom. The molecule has 1 fully saturated rings. The summed E-state index contributed by atoms with van der Waals surface area (Å²) in [5.41, 5.74) is 0. The average Bonchev–Trinajstić information content (AvgIpc) is 2.71. The normalized spacial score (nSPS) is 16.5. The minimum atomic E-state index is 0. The lowest BCUT2D eigenvalue weighted by atomic mass is 10.0. The molecule has 176 valence electrons. The Hall–Kier alpha value is -0.640. The molecule has 1 aliphatic rings. The zero-order valence-corrected chi connectivity index (χ0v) is 22.0. The highest BCUT2D eigenvalue weighted by atomic mass is 127. The Morgan fingerprint density at radius 2 is 1.83 bits per heavy atom. The Morgan fingerprint density at radius 1 is 1.20 bits per heavy atom. The smallest absolute Gasteiger partial charge is 0.193 e. The molecule has 6 nitrogen and oxygen atoms in total. The highest BCUT2D eigenvalue weighted by Gasteiger charge is 2.24. The Balaban J connectivity index is 0.00000841. The monoisotopic (exact) mass is 536 g/mol. The van der Waals surface area contributed by atoms with Crippen LogP contribution in [0.1, 0.15) is 40.0 Å². The molecule has 1 atom stereocenters.